The molecular weight excluding hydrogens is 186 g/mol. The van der Waals surface area contributed by atoms with Crippen LogP contribution in [0.1, 0.15) is 20.3 Å². The number of carbonyl (C=O) groups is 2. The van der Waals surface area contributed by atoms with Gasteiger partial charge < -0.3 is 15.2 Å². The Kier molecular flexibility index (Phi) is 5.87. The summed E-state index contributed by atoms with van der Waals surface area (Å²) in [5.74, 6) is -1.19. The summed E-state index contributed by atoms with van der Waals surface area (Å²) >= 11 is 0. The highest BCUT2D eigenvalue weighted by atomic mass is 16.5. The number of carboxylic acids is 1. The minimum absolute atomic E-state index is 0.0221. The fourth-order valence-electron chi connectivity index (χ4n) is 1.21. The van der Waals surface area contributed by atoms with Gasteiger partial charge in [0.2, 0.25) is 5.91 Å². The Hall–Kier alpha value is -1.10. The van der Waals surface area contributed by atoms with E-state index in [1.54, 1.807) is 6.92 Å². The van der Waals surface area contributed by atoms with Crippen LogP contribution in [0.2, 0.25) is 0 Å². The van der Waals surface area contributed by atoms with E-state index >= 15 is 0 Å². The first-order valence-corrected chi connectivity index (χ1v) is 4.45. The van der Waals surface area contributed by atoms with Gasteiger partial charge in [0.15, 0.2) is 0 Å². The van der Waals surface area contributed by atoms with Gasteiger partial charge in [-0.1, -0.05) is 6.92 Å². The molecule has 0 aromatic heterocycles. The van der Waals surface area contributed by atoms with Gasteiger partial charge in [-0.2, -0.15) is 0 Å². The molecule has 1 amide bonds. The molecule has 0 heterocycles. The molecule has 0 aliphatic heterocycles. The fraction of sp³-hybridized carbons (Fsp3) is 0.778. The summed E-state index contributed by atoms with van der Waals surface area (Å²) in [7, 11) is 1.52. The highest BCUT2D eigenvalue weighted by molar-refractivity contribution is 5.73. The molecule has 5 nitrogen and oxygen atoms in total. The summed E-state index contributed by atoms with van der Waals surface area (Å²) in [4.78, 5) is 21.3. The van der Waals surface area contributed by atoms with Crippen molar-refractivity contribution in [3.8, 4) is 0 Å². The third kappa shape index (κ3) is 5.53. The predicted octanol–water partition coefficient (Wildman–Crippen LogP) is 0.248. The zero-order chi connectivity index (χ0) is 11.1. The molecule has 0 aliphatic carbocycles. The van der Waals surface area contributed by atoms with Crippen LogP contribution in [0.15, 0.2) is 0 Å². The third-order valence-corrected chi connectivity index (χ3v) is 1.92. The Morgan fingerprint density at radius 1 is 1.50 bits per heavy atom. The van der Waals surface area contributed by atoms with Crippen molar-refractivity contribution < 1.29 is 19.4 Å². The molecule has 0 aromatic rings. The minimum Gasteiger partial charge on any atom is -0.481 e. The maximum absolute atomic E-state index is 10.8. The Morgan fingerprint density at radius 3 is 2.43 bits per heavy atom. The van der Waals surface area contributed by atoms with Crippen LogP contribution >= 0.6 is 0 Å². The monoisotopic (exact) mass is 203 g/mol. The van der Waals surface area contributed by atoms with Gasteiger partial charge in [0, 0.05) is 20.5 Å². The van der Waals surface area contributed by atoms with Crippen molar-refractivity contribution in [1.29, 1.82) is 0 Å². The SMILES string of the molecule is COC[C@H](NC(C)=O)[C@H](C)CC(=O)O. The highest BCUT2D eigenvalue weighted by Gasteiger charge is 2.20. The Labute approximate surface area is 83.4 Å². The number of nitrogens with one attached hydrogen (secondary N) is 1. The number of carboxylic acid groups (broad SMARTS) is 1. The molecular formula is C9H17NO4. The molecule has 0 radical (unpaired) electrons. The second kappa shape index (κ2) is 6.37. The van der Waals surface area contributed by atoms with Gasteiger partial charge in [0.1, 0.15) is 0 Å². The van der Waals surface area contributed by atoms with Gasteiger partial charge in [0.05, 0.1) is 12.6 Å². The normalized spacial score (nSPS) is 14.5. The fourth-order valence-corrected chi connectivity index (χ4v) is 1.21. The van der Waals surface area contributed by atoms with E-state index in [2.05, 4.69) is 5.32 Å². The molecule has 0 aliphatic rings. The molecule has 0 spiro atoms. The van der Waals surface area contributed by atoms with Crippen molar-refractivity contribution in [1.82, 2.24) is 5.32 Å². The maximum atomic E-state index is 10.8. The lowest BCUT2D eigenvalue weighted by atomic mass is 9.99. The first kappa shape index (κ1) is 12.9. The number of methoxy groups -OCH3 is 1. The van der Waals surface area contributed by atoms with Gasteiger partial charge in [-0.15, -0.1) is 0 Å². The molecule has 14 heavy (non-hydrogen) atoms. The van der Waals surface area contributed by atoms with Crippen LogP contribution in [-0.4, -0.2) is 36.7 Å². The number of aliphatic carboxylic acids is 1. The molecule has 2 N–H and O–H groups in total. The summed E-state index contributed by atoms with van der Waals surface area (Å²) in [6, 6.07) is -0.242. The first-order chi connectivity index (χ1) is 6.47. The van der Waals surface area contributed by atoms with E-state index in [-0.39, 0.29) is 24.3 Å². The molecule has 0 unspecified atom stereocenters. The smallest absolute Gasteiger partial charge is 0.303 e. The summed E-state index contributed by atoms with van der Waals surface area (Å²) < 4.78 is 4.90. The average Bonchev–Trinajstić information content (AvgIpc) is 2.01. The molecule has 0 fully saturated rings. The quantitative estimate of drug-likeness (QED) is 0.648. The number of ether oxygens (including phenoxy) is 1. The molecule has 82 valence electrons. The van der Waals surface area contributed by atoms with E-state index in [1.807, 2.05) is 0 Å². The van der Waals surface area contributed by atoms with Gasteiger partial charge in [-0.05, 0) is 5.92 Å². The van der Waals surface area contributed by atoms with Crippen molar-refractivity contribution in [2.45, 2.75) is 26.3 Å². The van der Waals surface area contributed by atoms with Crippen molar-refractivity contribution in [3.05, 3.63) is 0 Å². The largest absolute Gasteiger partial charge is 0.481 e. The highest BCUT2D eigenvalue weighted by Crippen LogP contribution is 2.08. The number of hydrogen-bond donors (Lipinski definition) is 2. The molecule has 5 heteroatoms. The van der Waals surface area contributed by atoms with Crippen molar-refractivity contribution >= 4 is 11.9 Å². The van der Waals surface area contributed by atoms with Crippen molar-refractivity contribution in [2.24, 2.45) is 5.92 Å². The van der Waals surface area contributed by atoms with Crippen LogP contribution in [0.5, 0.6) is 0 Å². The zero-order valence-electron chi connectivity index (χ0n) is 8.74. The van der Waals surface area contributed by atoms with Crippen LogP contribution in [0.4, 0.5) is 0 Å². The van der Waals surface area contributed by atoms with E-state index in [9.17, 15) is 9.59 Å². The maximum Gasteiger partial charge on any atom is 0.303 e. The second-order valence-corrected chi connectivity index (χ2v) is 3.34. The summed E-state index contributed by atoms with van der Waals surface area (Å²) in [5, 5.41) is 11.2. The van der Waals surface area contributed by atoms with E-state index in [0.717, 1.165) is 0 Å². The third-order valence-electron chi connectivity index (χ3n) is 1.92. The van der Waals surface area contributed by atoms with Crippen LogP contribution in [0.3, 0.4) is 0 Å². The van der Waals surface area contributed by atoms with Crippen LogP contribution < -0.4 is 5.32 Å². The average molecular weight is 203 g/mol. The summed E-state index contributed by atoms with van der Waals surface area (Å²) in [6.07, 6.45) is 0.0221. The summed E-state index contributed by atoms with van der Waals surface area (Å²) in [6.45, 7) is 3.50. The van der Waals surface area contributed by atoms with Crippen LogP contribution in [0, 0.1) is 5.92 Å². The molecule has 0 aromatic carbocycles. The van der Waals surface area contributed by atoms with Crippen molar-refractivity contribution in [2.75, 3.05) is 13.7 Å². The predicted molar refractivity (Wildman–Crippen MR) is 50.9 cm³/mol. The standard InChI is InChI=1S/C9H17NO4/c1-6(4-9(12)13)8(5-14-3)10-7(2)11/h6,8H,4-5H2,1-3H3,(H,10,11)(H,12,13)/t6-,8+/m1/s1. The molecule has 2 atom stereocenters. The number of amides is 1. The van der Waals surface area contributed by atoms with E-state index in [1.165, 1.54) is 14.0 Å². The van der Waals surface area contributed by atoms with E-state index in [4.69, 9.17) is 9.84 Å². The molecule has 0 bridgehead atoms. The van der Waals surface area contributed by atoms with Gasteiger partial charge in [-0.25, -0.2) is 0 Å². The van der Waals surface area contributed by atoms with Gasteiger partial charge in [-0.3, -0.25) is 9.59 Å². The van der Waals surface area contributed by atoms with E-state index in [0.29, 0.717) is 6.61 Å². The van der Waals surface area contributed by atoms with Gasteiger partial charge in [0.25, 0.3) is 0 Å². The lowest BCUT2D eigenvalue weighted by Gasteiger charge is -2.22. The Balaban J connectivity index is 4.16. The van der Waals surface area contributed by atoms with E-state index < -0.39 is 5.97 Å². The zero-order valence-corrected chi connectivity index (χ0v) is 8.74. The number of carbonyl (C=O) groups excluding carboxylic acids is 1. The topological polar surface area (TPSA) is 75.6 Å². The summed E-state index contributed by atoms with van der Waals surface area (Å²) in [5.41, 5.74) is 0. The molecule has 0 saturated carbocycles. The second-order valence-electron chi connectivity index (χ2n) is 3.34. The number of hydrogen-bond acceptors (Lipinski definition) is 3. The van der Waals surface area contributed by atoms with Gasteiger partial charge >= 0.3 is 5.97 Å². The Bertz CT molecular complexity index is 205. The molecule has 0 rings (SSSR count). The molecule has 0 saturated heterocycles. The Morgan fingerprint density at radius 2 is 2.07 bits per heavy atom. The number of rotatable bonds is 6. The first-order valence-electron chi connectivity index (χ1n) is 4.45. The van der Waals surface area contributed by atoms with Crippen LogP contribution in [0.25, 0.3) is 0 Å². The minimum atomic E-state index is -0.871. The van der Waals surface area contributed by atoms with Crippen LogP contribution in [-0.2, 0) is 14.3 Å². The lowest BCUT2D eigenvalue weighted by Crippen LogP contribution is -2.42. The van der Waals surface area contributed by atoms with Crippen molar-refractivity contribution in [3.63, 3.8) is 0 Å². The lowest BCUT2D eigenvalue weighted by molar-refractivity contribution is -0.138.